The first-order valence-corrected chi connectivity index (χ1v) is 12.4. The average Bonchev–Trinajstić information content (AvgIpc) is 3.32. The summed E-state index contributed by atoms with van der Waals surface area (Å²) in [5, 5.41) is 22.9. The first-order valence-electron chi connectivity index (χ1n) is 12.4. The van der Waals surface area contributed by atoms with E-state index in [0.717, 1.165) is 11.3 Å². The number of nitrogens with one attached hydrogen (secondary N) is 2. The molecule has 0 aliphatic carbocycles. The van der Waals surface area contributed by atoms with Crippen molar-refractivity contribution >= 4 is 39.7 Å². The molecule has 10 nitrogen and oxygen atoms in total. The lowest BCUT2D eigenvalue weighted by molar-refractivity contribution is -0.130. The topological polar surface area (TPSA) is 134 Å². The smallest absolute Gasteiger partial charge is 0.244 e. The number of nitrogen functional groups attached to an aromatic ring is 1. The second-order valence-electron chi connectivity index (χ2n) is 10.6. The van der Waals surface area contributed by atoms with E-state index in [0.29, 0.717) is 57.9 Å². The van der Waals surface area contributed by atoms with Gasteiger partial charge < -0.3 is 26.4 Å². The lowest BCUT2D eigenvalue weighted by Gasteiger charge is -2.22. The molecule has 3 aromatic heterocycles. The number of hydrogen-bond donors (Lipinski definition) is 4. The lowest BCUT2D eigenvalue weighted by Crippen LogP contribution is -2.32. The summed E-state index contributed by atoms with van der Waals surface area (Å²) in [6.45, 7) is 6.48. The number of nitrogens with zero attached hydrogens (tertiary/aromatic N) is 5. The number of anilines is 4. The molecule has 0 bridgehead atoms. The number of rotatable bonds is 3. The molecule has 5 heterocycles. The minimum Gasteiger partial charge on any atom is -0.396 e. The summed E-state index contributed by atoms with van der Waals surface area (Å²) in [5.74, 6) is 0.555. The van der Waals surface area contributed by atoms with Crippen LogP contribution in [0.25, 0.3) is 21.9 Å². The Bertz CT molecular complexity index is 1630. The Balaban J connectivity index is 1.37. The number of carbonyl (C=O) groups excluding carboxylic acids is 1. The Morgan fingerprint density at radius 1 is 1.18 bits per heavy atom. The van der Waals surface area contributed by atoms with Gasteiger partial charge in [-0.15, -0.1) is 0 Å². The zero-order chi connectivity index (χ0) is 26.9. The van der Waals surface area contributed by atoms with Gasteiger partial charge in [-0.05, 0) is 43.9 Å². The molecule has 1 unspecified atom stereocenters. The second-order valence-corrected chi connectivity index (χ2v) is 10.6. The highest BCUT2D eigenvalue weighted by Crippen LogP contribution is 2.45. The molecule has 0 spiro atoms. The third-order valence-electron chi connectivity index (χ3n) is 7.58. The van der Waals surface area contributed by atoms with Crippen molar-refractivity contribution in [3.63, 3.8) is 0 Å². The molecule has 5 N–H and O–H groups in total. The molecule has 1 amide bonds. The molecule has 196 valence electrons. The Hall–Kier alpha value is -4.25. The summed E-state index contributed by atoms with van der Waals surface area (Å²) >= 11 is 0. The average molecular weight is 517 g/mol. The fourth-order valence-corrected chi connectivity index (χ4v) is 5.19. The quantitative estimate of drug-likeness (QED) is 0.304. The monoisotopic (exact) mass is 516 g/mol. The number of aliphatic hydroxyl groups is 1. The number of carbonyl (C=O) groups is 1. The molecule has 11 heteroatoms. The number of hydrogen-bond acceptors (Lipinski definition) is 8. The standard InChI is InChI=1S/C27H29FN8O2/c1-13-17(10-31-25-24(13)33-27(2,3)26(25)38)16-7-14-8-19(30-11-18(14)23(29)22(16)28)32-20-9-15-5-6-35(4)21(37)12-36(15)34-20/h7-11,26,33,38H,5-6,12,29H2,1-4H3,(H,30,32,34). The van der Waals surface area contributed by atoms with E-state index >= 15 is 4.39 Å². The third kappa shape index (κ3) is 3.73. The van der Waals surface area contributed by atoms with Crippen LogP contribution in [0, 0.1) is 12.7 Å². The van der Waals surface area contributed by atoms with Gasteiger partial charge in [0.2, 0.25) is 5.91 Å². The summed E-state index contributed by atoms with van der Waals surface area (Å²) < 4.78 is 17.2. The summed E-state index contributed by atoms with van der Waals surface area (Å²) in [5.41, 5.74) is 9.55. The maximum atomic E-state index is 15.5. The SMILES string of the molecule is Cc1c(-c2cc3cc(Nc4cc5n(n4)CC(=O)N(C)CC5)ncc3c(N)c2F)cnc2c1NC(C)(C)C2O. The third-order valence-corrected chi connectivity index (χ3v) is 7.58. The minimum absolute atomic E-state index is 0.00103. The van der Waals surface area contributed by atoms with Crippen LogP contribution >= 0.6 is 0 Å². The van der Waals surface area contributed by atoms with Crippen molar-refractivity contribution in [3.8, 4) is 11.1 Å². The predicted octanol–water partition coefficient (Wildman–Crippen LogP) is 3.52. The Morgan fingerprint density at radius 2 is 1.97 bits per heavy atom. The zero-order valence-electron chi connectivity index (χ0n) is 21.6. The molecule has 2 aliphatic heterocycles. The minimum atomic E-state index is -0.770. The summed E-state index contributed by atoms with van der Waals surface area (Å²) in [4.78, 5) is 22.8. The van der Waals surface area contributed by atoms with Crippen LogP contribution in [0.2, 0.25) is 0 Å². The number of amides is 1. The molecule has 38 heavy (non-hydrogen) atoms. The van der Waals surface area contributed by atoms with Crippen molar-refractivity contribution in [3.05, 3.63) is 53.4 Å². The van der Waals surface area contributed by atoms with Crippen LogP contribution in [0.3, 0.4) is 0 Å². The molecule has 1 aromatic carbocycles. The normalized spacial score (nSPS) is 18.2. The van der Waals surface area contributed by atoms with Gasteiger partial charge in [-0.1, -0.05) is 0 Å². The number of halogens is 1. The first-order chi connectivity index (χ1) is 18.0. The van der Waals surface area contributed by atoms with E-state index in [-0.39, 0.29) is 18.1 Å². The first kappa shape index (κ1) is 24.1. The second kappa shape index (κ2) is 8.38. The molecule has 0 radical (unpaired) electrons. The van der Waals surface area contributed by atoms with E-state index in [1.807, 2.05) is 26.8 Å². The van der Waals surface area contributed by atoms with Crippen molar-refractivity contribution in [2.24, 2.45) is 0 Å². The zero-order valence-corrected chi connectivity index (χ0v) is 21.6. The highest BCUT2D eigenvalue weighted by atomic mass is 19.1. The van der Waals surface area contributed by atoms with Gasteiger partial charge in [0.25, 0.3) is 0 Å². The Kier molecular flexibility index (Phi) is 5.32. The van der Waals surface area contributed by atoms with Crippen molar-refractivity contribution in [2.45, 2.75) is 45.4 Å². The number of aliphatic hydroxyl groups excluding tert-OH is 1. The molecule has 4 aromatic rings. The van der Waals surface area contributed by atoms with E-state index in [4.69, 9.17) is 5.73 Å². The van der Waals surface area contributed by atoms with Crippen LogP contribution in [0.1, 0.15) is 36.9 Å². The van der Waals surface area contributed by atoms with Crippen LogP contribution in [-0.4, -0.2) is 54.8 Å². The molecular weight excluding hydrogens is 487 g/mol. The van der Waals surface area contributed by atoms with Crippen molar-refractivity contribution < 1.29 is 14.3 Å². The van der Waals surface area contributed by atoms with Gasteiger partial charge in [0.15, 0.2) is 11.6 Å². The van der Waals surface area contributed by atoms with Crippen molar-refractivity contribution in [1.29, 1.82) is 0 Å². The van der Waals surface area contributed by atoms with Gasteiger partial charge in [-0.25, -0.2) is 9.37 Å². The van der Waals surface area contributed by atoms with Crippen LogP contribution in [0.15, 0.2) is 30.6 Å². The van der Waals surface area contributed by atoms with E-state index in [2.05, 4.69) is 25.7 Å². The van der Waals surface area contributed by atoms with Gasteiger partial charge in [-0.2, -0.15) is 5.10 Å². The van der Waals surface area contributed by atoms with Gasteiger partial charge in [0.05, 0.1) is 22.6 Å². The molecule has 6 rings (SSSR count). The van der Waals surface area contributed by atoms with E-state index < -0.39 is 17.5 Å². The van der Waals surface area contributed by atoms with Crippen LogP contribution in [-0.2, 0) is 17.8 Å². The van der Waals surface area contributed by atoms with E-state index in [1.54, 1.807) is 35.0 Å². The fourth-order valence-electron chi connectivity index (χ4n) is 5.19. The Morgan fingerprint density at radius 3 is 2.76 bits per heavy atom. The maximum Gasteiger partial charge on any atom is 0.244 e. The summed E-state index contributed by atoms with van der Waals surface area (Å²) in [7, 11) is 1.79. The van der Waals surface area contributed by atoms with Crippen LogP contribution < -0.4 is 16.4 Å². The molecule has 2 aliphatic rings. The highest BCUT2D eigenvalue weighted by Gasteiger charge is 2.40. The van der Waals surface area contributed by atoms with Gasteiger partial charge >= 0.3 is 0 Å². The number of pyridine rings is 2. The predicted molar refractivity (Wildman–Crippen MR) is 144 cm³/mol. The lowest BCUT2D eigenvalue weighted by atomic mass is 9.96. The van der Waals surface area contributed by atoms with Crippen molar-refractivity contribution in [2.75, 3.05) is 30.0 Å². The Labute approximate surface area is 218 Å². The van der Waals surface area contributed by atoms with Crippen molar-refractivity contribution in [1.82, 2.24) is 24.6 Å². The molecular formula is C27H29FN8O2. The number of nitrogens with two attached hydrogens (primary N) is 1. The number of fused-ring (bicyclic) bond motifs is 3. The summed E-state index contributed by atoms with van der Waals surface area (Å²) in [6, 6.07) is 5.43. The highest BCUT2D eigenvalue weighted by molar-refractivity contribution is 5.98. The van der Waals surface area contributed by atoms with Crippen LogP contribution in [0.4, 0.5) is 27.4 Å². The van der Waals surface area contributed by atoms with E-state index in [9.17, 15) is 9.90 Å². The molecule has 0 fully saturated rings. The molecule has 0 saturated carbocycles. The summed E-state index contributed by atoms with van der Waals surface area (Å²) in [6.07, 6.45) is 3.06. The number of aromatic nitrogens is 4. The largest absolute Gasteiger partial charge is 0.396 e. The van der Waals surface area contributed by atoms with Crippen LogP contribution in [0.5, 0.6) is 0 Å². The molecule has 0 saturated heterocycles. The maximum absolute atomic E-state index is 15.5. The van der Waals surface area contributed by atoms with Gasteiger partial charge in [0.1, 0.15) is 18.5 Å². The molecule has 1 atom stereocenters. The fraction of sp³-hybridized carbons (Fsp3) is 0.333. The number of likely N-dealkylation sites (N-methyl/N-ethyl adjacent to an activating group) is 1. The van der Waals surface area contributed by atoms with Gasteiger partial charge in [-0.3, -0.25) is 14.5 Å². The van der Waals surface area contributed by atoms with Gasteiger partial charge in [0, 0.05) is 60.7 Å². The van der Waals surface area contributed by atoms with E-state index in [1.165, 1.54) is 6.20 Å². The number of benzene rings is 1.